The van der Waals surface area contributed by atoms with Crippen molar-refractivity contribution in [1.29, 1.82) is 0 Å². The van der Waals surface area contributed by atoms with E-state index in [4.69, 9.17) is 9.47 Å². The average Bonchev–Trinajstić information content (AvgIpc) is 3.67. The van der Waals surface area contributed by atoms with Gasteiger partial charge < -0.3 is 39.9 Å². The summed E-state index contributed by atoms with van der Waals surface area (Å²) >= 11 is 0. The van der Waals surface area contributed by atoms with Crippen LogP contribution in [0.2, 0.25) is 0 Å². The van der Waals surface area contributed by atoms with Gasteiger partial charge in [0, 0.05) is 56.8 Å². The Morgan fingerprint density at radius 3 is 2.58 bits per heavy atom. The summed E-state index contributed by atoms with van der Waals surface area (Å²) < 4.78 is 12.0. The molecule has 0 spiro atoms. The molecule has 7 atom stereocenters. The lowest BCUT2D eigenvalue weighted by Gasteiger charge is -2.38. The van der Waals surface area contributed by atoms with Crippen LogP contribution in [-0.2, 0) is 30.4 Å². The number of hydrogen-bond donors (Lipinski definition) is 4. The maximum atomic E-state index is 13.9. The summed E-state index contributed by atoms with van der Waals surface area (Å²) in [5.74, 6) is -0.391. The van der Waals surface area contributed by atoms with Crippen LogP contribution in [-0.4, -0.2) is 130 Å². The summed E-state index contributed by atoms with van der Waals surface area (Å²) in [7, 11) is 0. The Bertz CT molecular complexity index is 1130. The van der Waals surface area contributed by atoms with Crippen LogP contribution in [0.4, 0.5) is 0 Å². The highest BCUT2D eigenvalue weighted by atomic mass is 16.5. The third-order valence-corrected chi connectivity index (χ3v) is 8.78. The molecule has 6 rings (SSSR count). The number of rotatable bonds is 3. The number of amides is 3. The predicted molar refractivity (Wildman–Crippen MR) is 140 cm³/mol. The first-order valence-corrected chi connectivity index (χ1v) is 14.3. The standard InChI is InChI=1S/C28H38N4O8/c33-21-4-2-1-3-17(21)11-31-12-18-9-20(31)28(38)30-7-8-39-19(13-30)14-32(27(37)16-5-6-16)15-23-26(36)25(35)22(40-23)10-24(34)29-18/h1-4,16,18-20,22-23,25-26,33,35-36H,5-15H2,(H,29,34)/t18-,19-,20-,22-,23+,25-,26+/m0/s1. The normalized spacial score (nSPS) is 35.6. The zero-order valence-corrected chi connectivity index (χ0v) is 22.4. The Hall–Kier alpha value is -2.77. The summed E-state index contributed by atoms with van der Waals surface area (Å²) in [6.07, 6.45) is -2.81. The van der Waals surface area contributed by atoms with Gasteiger partial charge in [-0.3, -0.25) is 19.3 Å². The Balaban J connectivity index is 1.27. The van der Waals surface area contributed by atoms with Gasteiger partial charge in [-0.25, -0.2) is 0 Å². The molecule has 1 aliphatic carbocycles. The van der Waals surface area contributed by atoms with Gasteiger partial charge in [0.05, 0.1) is 31.3 Å². The van der Waals surface area contributed by atoms with Crippen molar-refractivity contribution in [3.05, 3.63) is 29.8 Å². The van der Waals surface area contributed by atoms with E-state index in [2.05, 4.69) is 5.32 Å². The van der Waals surface area contributed by atoms with Crippen LogP contribution in [0.5, 0.6) is 5.75 Å². The van der Waals surface area contributed by atoms with Crippen LogP contribution in [0.3, 0.4) is 0 Å². The number of aliphatic hydroxyl groups excluding tert-OH is 2. The first-order valence-electron chi connectivity index (χ1n) is 14.3. The maximum Gasteiger partial charge on any atom is 0.240 e. The van der Waals surface area contributed by atoms with Crippen molar-refractivity contribution in [1.82, 2.24) is 20.0 Å². The topological polar surface area (TPSA) is 152 Å². The van der Waals surface area contributed by atoms with Gasteiger partial charge in [-0.2, -0.15) is 0 Å². The Labute approximate surface area is 232 Å². The average molecular weight is 559 g/mol. The van der Waals surface area contributed by atoms with E-state index in [1.54, 1.807) is 21.9 Å². The molecule has 218 valence electrons. The number of phenols is 1. The minimum Gasteiger partial charge on any atom is -0.508 e. The van der Waals surface area contributed by atoms with Crippen molar-refractivity contribution in [3.8, 4) is 5.75 Å². The minimum atomic E-state index is -1.26. The highest BCUT2D eigenvalue weighted by Crippen LogP contribution is 2.33. The molecule has 6 bridgehead atoms. The molecule has 4 heterocycles. The molecule has 1 aromatic rings. The van der Waals surface area contributed by atoms with Gasteiger partial charge >= 0.3 is 0 Å². The number of morpholine rings is 1. The number of ether oxygens (including phenoxy) is 2. The van der Waals surface area contributed by atoms with E-state index in [9.17, 15) is 29.7 Å². The van der Waals surface area contributed by atoms with Gasteiger partial charge in [-0.05, 0) is 25.3 Å². The third kappa shape index (κ3) is 5.68. The molecule has 3 amide bonds. The number of aliphatic hydroxyl groups is 2. The molecule has 12 nitrogen and oxygen atoms in total. The molecule has 4 aliphatic heterocycles. The van der Waals surface area contributed by atoms with E-state index in [-0.39, 0.29) is 54.9 Å². The predicted octanol–water partition coefficient (Wildman–Crippen LogP) is -1.19. The number of phenolic OH excluding ortho intramolecular Hbond substituents is 1. The maximum absolute atomic E-state index is 13.9. The van der Waals surface area contributed by atoms with Crippen molar-refractivity contribution in [2.24, 2.45) is 5.92 Å². The van der Waals surface area contributed by atoms with Gasteiger partial charge in [0.25, 0.3) is 0 Å². The fourth-order valence-electron chi connectivity index (χ4n) is 6.46. The zero-order chi connectivity index (χ0) is 28.0. The fourth-order valence-corrected chi connectivity index (χ4v) is 6.46. The third-order valence-electron chi connectivity index (χ3n) is 8.78. The molecular weight excluding hydrogens is 520 g/mol. The Kier molecular flexibility index (Phi) is 7.71. The highest BCUT2D eigenvalue weighted by Gasteiger charge is 2.47. The van der Waals surface area contributed by atoms with Gasteiger partial charge in [0.15, 0.2) is 0 Å². The van der Waals surface area contributed by atoms with Crippen LogP contribution in [0.15, 0.2) is 24.3 Å². The van der Waals surface area contributed by atoms with Gasteiger partial charge in [-0.1, -0.05) is 18.2 Å². The molecule has 12 heteroatoms. The largest absolute Gasteiger partial charge is 0.508 e. The van der Waals surface area contributed by atoms with Crippen molar-refractivity contribution >= 4 is 17.7 Å². The van der Waals surface area contributed by atoms with Crippen molar-refractivity contribution < 1.29 is 39.2 Å². The van der Waals surface area contributed by atoms with E-state index >= 15 is 0 Å². The second-order valence-electron chi connectivity index (χ2n) is 11.8. The second-order valence-corrected chi connectivity index (χ2v) is 11.8. The number of aromatic hydroxyl groups is 1. The van der Waals surface area contributed by atoms with Gasteiger partial charge in [0.1, 0.15) is 24.1 Å². The highest BCUT2D eigenvalue weighted by molar-refractivity contribution is 5.83. The van der Waals surface area contributed by atoms with Crippen LogP contribution in [0, 0.1) is 5.92 Å². The van der Waals surface area contributed by atoms with Crippen molar-refractivity contribution in [2.45, 2.75) is 74.8 Å². The van der Waals surface area contributed by atoms with E-state index < -0.39 is 36.6 Å². The van der Waals surface area contributed by atoms with E-state index in [0.717, 1.165) is 12.8 Å². The van der Waals surface area contributed by atoms with Crippen molar-refractivity contribution in [3.63, 3.8) is 0 Å². The molecule has 0 unspecified atom stereocenters. The number of benzene rings is 1. The smallest absolute Gasteiger partial charge is 0.240 e. The van der Waals surface area contributed by atoms with E-state index in [1.165, 1.54) is 0 Å². The first kappa shape index (κ1) is 27.4. The van der Waals surface area contributed by atoms with Gasteiger partial charge in [0.2, 0.25) is 17.7 Å². The number of hydrogen-bond acceptors (Lipinski definition) is 9. The van der Waals surface area contributed by atoms with Crippen LogP contribution >= 0.6 is 0 Å². The summed E-state index contributed by atoms with van der Waals surface area (Å²) in [5.41, 5.74) is 0.690. The molecule has 1 aromatic carbocycles. The zero-order valence-electron chi connectivity index (χ0n) is 22.4. The molecule has 0 aromatic heterocycles. The molecule has 4 N–H and O–H groups in total. The van der Waals surface area contributed by atoms with Gasteiger partial charge in [-0.15, -0.1) is 0 Å². The van der Waals surface area contributed by atoms with Crippen LogP contribution in [0.25, 0.3) is 0 Å². The minimum absolute atomic E-state index is 0.0490. The molecule has 0 radical (unpaired) electrons. The lowest BCUT2D eigenvalue weighted by Crippen LogP contribution is -2.55. The van der Waals surface area contributed by atoms with E-state index in [1.807, 2.05) is 17.0 Å². The molecule has 5 aliphatic rings. The Morgan fingerprint density at radius 2 is 1.80 bits per heavy atom. The number of para-hydroxylation sites is 1. The SMILES string of the molecule is O=C1C[C@@H]2O[C@H](CN(C(=O)C3CC3)C[C@@H]3CN(CCO3)C(=O)[C@@H]3C[C@@H](CN3Cc3ccccc3O)N1)[C@@H](O)[C@H]2O. The summed E-state index contributed by atoms with van der Waals surface area (Å²) in [4.78, 5) is 45.5. The quantitative estimate of drug-likeness (QED) is 0.359. The lowest BCUT2D eigenvalue weighted by molar-refractivity contribution is -0.147. The summed E-state index contributed by atoms with van der Waals surface area (Å²) in [5, 5.41) is 34.8. The lowest BCUT2D eigenvalue weighted by atomic mass is 10.0. The molecule has 5 fully saturated rings. The number of nitrogens with zero attached hydrogens (tertiary/aromatic N) is 3. The fraction of sp³-hybridized carbons (Fsp3) is 0.679. The second kappa shape index (κ2) is 11.2. The monoisotopic (exact) mass is 558 g/mol. The summed E-state index contributed by atoms with van der Waals surface area (Å²) in [6, 6.07) is 6.17. The summed E-state index contributed by atoms with van der Waals surface area (Å²) in [6.45, 7) is 2.11. The molecule has 40 heavy (non-hydrogen) atoms. The van der Waals surface area contributed by atoms with E-state index in [0.29, 0.717) is 44.8 Å². The molecular formula is C28H38N4O8. The number of fused-ring (bicyclic) bond motifs is 6. The number of nitrogens with one attached hydrogen (secondary N) is 1. The first-order chi connectivity index (χ1) is 19.3. The van der Waals surface area contributed by atoms with Crippen LogP contribution in [0.1, 0.15) is 31.2 Å². The number of carbonyl (C=O) groups excluding carboxylic acids is 3. The van der Waals surface area contributed by atoms with Crippen LogP contribution < -0.4 is 5.32 Å². The number of carbonyl (C=O) groups is 3. The Morgan fingerprint density at radius 1 is 1.02 bits per heavy atom. The molecule has 1 saturated carbocycles. The van der Waals surface area contributed by atoms with Crippen molar-refractivity contribution in [2.75, 3.05) is 39.3 Å². The molecule has 4 saturated heterocycles. The number of likely N-dealkylation sites (tertiary alicyclic amines) is 1.